The lowest BCUT2D eigenvalue weighted by atomic mass is 10.1. The zero-order valence-electron chi connectivity index (χ0n) is 12.3. The van der Waals surface area contributed by atoms with Gasteiger partial charge in [-0.25, -0.2) is 0 Å². The molecule has 0 unspecified atom stereocenters. The van der Waals surface area contributed by atoms with Crippen LogP contribution in [0.4, 0.5) is 5.69 Å². The summed E-state index contributed by atoms with van der Waals surface area (Å²) >= 11 is 12.0. The number of benzene rings is 2. The Balaban J connectivity index is 1.78. The molecule has 0 fully saturated rings. The maximum Gasteiger partial charge on any atom is 0.225 e. The normalized spacial score (nSPS) is 10.5. The molecule has 3 nitrogen and oxygen atoms in total. The van der Waals surface area contributed by atoms with Gasteiger partial charge in [-0.3, -0.25) is 4.79 Å². The van der Waals surface area contributed by atoms with Gasteiger partial charge in [0.2, 0.25) is 5.91 Å². The summed E-state index contributed by atoms with van der Waals surface area (Å²) in [7, 11) is 0. The van der Waals surface area contributed by atoms with Crippen molar-refractivity contribution in [3.63, 3.8) is 0 Å². The fourth-order valence-electron chi connectivity index (χ4n) is 2.05. The Morgan fingerprint density at radius 3 is 2.41 bits per heavy atom. The number of halogens is 2. The molecule has 0 spiro atoms. The molecule has 0 aliphatic heterocycles. The summed E-state index contributed by atoms with van der Waals surface area (Å²) in [6.45, 7) is 3.40. The molecule has 2 aromatic carbocycles. The Kier molecular flexibility index (Phi) is 6.25. The number of hydrogen-bond acceptors (Lipinski definition) is 2. The highest BCUT2D eigenvalue weighted by Gasteiger charge is 2.09. The van der Waals surface area contributed by atoms with Crippen LogP contribution in [0.3, 0.4) is 0 Å². The second-order valence-electron chi connectivity index (χ2n) is 5.00. The van der Waals surface area contributed by atoms with Crippen molar-refractivity contribution >= 4 is 34.8 Å². The summed E-state index contributed by atoms with van der Waals surface area (Å²) in [5, 5.41) is 6.88. The number of carbonyl (C=O) groups excluding carboxylic acids is 1. The highest BCUT2D eigenvalue weighted by molar-refractivity contribution is 6.39. The molecule has 2 N–H and O–H groups in total. The molecule has 0 aromatic heterocycles. The summed E-state index contributed by atoms with van der Waals surface area (Å²) in [4.78, 5) is 11.9. The largest absolute Gasteiger partial charge is 0.324 e. The molecular weight excluding hydrogens is 319 g/mol. The van der Waals surface area contributed by atoms with Gasteiger partial charge in [-0.2, -0.15) is 0 Å². The van der Waals surface area contributed by atoms with Crippen molar-refractivity contribution in [2.75, 3.05) is 11.9 Å². The van der Waals surface area contributed by atoms with Gasteiger partial charge >= 0.3 is 0 Å². The third-order valence-electron chi connectivity index (χ3n) is 3.33. The van der Waals surface area contributed by atoms with Crippen molar-refractivity contribution in [3.05, 3.63) is 63.6 Å². The highest BCUT2D eigenvalue weighted by Crippen LogP contribution is 2.29. The van der Waals surface area contributed by atoms with Crippen LogP contribution in [-0.2, 0) is 11.3 Å². The van der Waals surface area contributed by atoms with Crippen molar-refractivity contribution in [2.24, 2.45) is 0 Å². The van der Waals surface area contributed by atoms with Crippen molar-refractivity contribution in [3.8, 4) is 0 Å². The lowest BCUT2D eigenvalue weighted by molar-refractivity contribution is -0.116. The maximum absolute atomic E-state index is 11.9. The minimum atomic E-state index is -0.118. The van der Waals surface area contributed by atoms with Crippen LogP contribution in [0, 0.1) is 6.92 Å². The molecule has 0 bridgehead atoms. The summed E-state index contributed by atoms with van der Waals surface area (Å²) in [6.07, 6.45) is 0.355. The summed E-state index contributed by atoms with van der Waals surface area (Å²) in [5.41, 5.74) is 2.94. The van der Waals surface area contributed by atoms with Gasteiger partial charge in [0.1, 0.15) is 0 Å². The summed E-state index contributed by atoms with van der Waals surface area (Å²) in [6, 6.07) is 13.3. The number of anilines is 1. The zero-order valence-corrected chi connectivity index (χ0v) is 13.8. The van der Waals surface area contributed by atoms with E-state index in [0.29, 0.717) is 28.7 Å². The Hall–Kier alpha value is -1.55. The van der Waals surface area contributed by atoms with Gasteiger partial charge in [0, 0.05) is 19.5 Å². The molecule has 0 aliphatic carbocycles. The Morgan fingerprint density at radius 2 is 1.73 bits per heavy atom. The van der Waals surface area contributed by atoms with Crippen LogP contribution in [0.15, 0.2) is 42.5 Å². The fourth-order valence-corrected chi connectivity index (χ4v) is 2.54. The highest BCUT2D eigenvalue weighted by atomic mass is 35.5. The van der Waals surface area contributed by atoms with Gasteiger partial charge in [0.05, 0.1) is 15.7 Å². The fraction of sp³-hybridized carbons (Fsp3) is 0.235. The van der Waals surface area contributed by atoms with Crippen molar-refractivity contribution in [1.29, 1.82) is 0 Å². The van der Waals surface area contributed by atoms with Crippen LogP contribution in [0.5, 0.6) is 0 Å². The van der Waals surface area contributed by atoms with E-state index >= 15 is 0 Å². The number of nitrogens with one attached hydrogen (secondary N) is 2. The molecule has 0 aliphatic rings. The van der Waals surface area contributed by atoms with E-state index in [4.69, 9.17) is 23.2 Å². The molecule has 5 heteroatoms. The van der Waals surface area contributed by atoms with E-state index in [1.807, 2.05) is 12.1 Å². The number of carbonyl (C=O) groups is 1. The zero-order chi connectivity index (χ0) is 15.9. The predicted molar refractivity (Wildman–Crippen MR) is 92.6 cm³/mol. The standard InChI is InChI=1S/C17H18Cl2N2O/c1-12-5-2-3-6-13(12)11-20-10-9-16(22)21-17-14(18)7-4-8-15(17)19/h2-8,20H,9-11H2,1H3,(H,21,22). The molecule has 1 amide bonds. The first-order valence-corrected chi connectivity index (χ1v) is 7.82. The first-order chi connectivity index (χ1) is 10.6. The van der Waals surface area contributed by atoms with Crippen LogP contribution in [-0.4, -0.2) is 12.5 Å². The minimum absolute atomic E-state index is 0.118. The van der Waals surface area contributed by atoms with E-state index in [-0.39, 0.29) is 5.91 Å². The van der Waals surface area contributed by atoms with Crippen LogP contribution in [0.1, 0.15) is 17.5 Å². The maximum atomic E-state index is 11.9. The van der Waals surface area contributed by atoms with E-state index in [1.54, 1.807) is 18.2 Å². The van der Waals surface area contributed by atoms with Gasteiger partial charge in [-0.1, -0.05) is 53.5 Å². The Labute approximate surface area is 140 Å². The van der Waals surface area contributed by atoms with Crippen LogP contribution < -0.4 is 10.6 Å². The average Bonchev–Trinajstić information content (AvgIpc) is 2.49. The molecule has 116 valence electrons. The summed E-state index contributed by atoms with van der Waals surface area (Å²) < 4.78 is 0. The second-order valence-corrected chi connectivity index (χ2v) is 5.81. The van der Waals surface area contributed by atoms with Crippen LogP contribution in [0.25, 0.3) is 0 Å². The molecule has 0 radical (unpaired) electrons. The van der Waals surface area contributed by atoms with E-state index < -0.39 is 0 Å². The molecule has 2 rings (SSSR count). The Morgan fingerprint density at radius 1 is 1.05 bits per heavy atom. The predicted octanol–water partition coefficient (Wildman–Crippen LogP) is 4.42. The lowest BCUT2D eigenvalue weighted by Crippen LogP contribution is -2.22. The smallest absolute Gasteiger partial charge is 0.225 e. The number of aryl methyl sites for hydroxylation is 1. The second kappa shape index (κ2) is 8.18. The molecule has 0 saturated heterocycles. The number of rotatable bonds is 6. The first-order valence-electron chi connectivity index (χ1n) is 7.07. The first kappa shape index (κ1) is 16.8. The summed E-state index contributed by atoms with van der Waals surface area (Å²) in [5.74, 6) is -0.118. The molecule has 0 atom stereocenters. The molecule has 22 heavy (non-hydrogen) atoms. The Bertz CT molecular complexity index is 639. The monoisotopic (exact) mass is 336 g/mol. The topological polar surface area (TPSA) is 41.1 Å². The number of para-hydroxylation sites is 1. The van der Waals surface area contributed by atoms with Gasteiger partial charge in [0.15, 0.2) is 0 Å². The van der Waals surface area contributed by atoms with Gasteiger partial charge in [-0.15, -0.1) is 0 Å². The van der Waals surface area contributed by atoms with E-state index in [0.717, 1.165) is 6.54 Å². The van der Waals surface area contributed by atoms with Crippen molar-refractivity contribution in [2.45, 2.75) is 19.9 Å². The third-order valence-corrected chi connectivity index (χ3v) is 3.96. The van der Waals surface area contributed by atoms with E-state index in [2.05, 4.69) is 29.7 Å². The minimum Gasteiger partial charge on any atom is -0.324 e. The quantitative estimate of drug-likeness (QED) is 0.766. The van der Waals surface area contributed by atoms with Crippen LogP contribution in [0.2, 0.25) is 10.0 Å². The third kappa shape index (κ3) is 4.73. The molecule has 0 heterocycles. The number of amides is 1. The average molecular weight is 337 g/mol. The van der Waals surface area contributed by atoms with Crippen molar-refractivity contribution < 1.29 is 4.79 Å². The van der Waals surface area contributed by atoms with Gasteiger partial charge in [0.25, 0.3) is 0 Å². The van der Waals surface area contributed by atoms with E-state index in [1.165, 1.54) is 11.1 Å². The molecule has 0 saturated carbocycles. The van der Waals surface area contributed by atoms with Gasteiger partial charge < -0.3 is 10.6 Å². The van der Waals surface area contributed by atoms with Crippen molar-refractivity contribution in [1.82, 2.24) is 5.32 Å². The van der Waals surface area contributed by atoms with E-state index in [9.17, 15) is 4.79 Å². The molecule has 2 aromatic rings. The van der Waals surface area contributed by atoms with Crippen LogP contribution >= 0.6 is 23.2 Å². The molecular formula is C17H18Cl2N2O. The SMILES string of the molecule is Cc1ccccc1CNCCC(=O)Nc1c(Cl)cccc1Cl. The van der Waals surface area contributed by atoms with Gasteiger partial charge in [-0.05, 0) is 30.2 Å². The number of hydrogen-bond donors (Lipinski definition) is 2. The lowest BCUT2D eigenvalue weighted by Gasteiger charge is -2.10.